The molecule has 1 saturated heterocycles. The molecular weight excluding hydrogens is 324 g/mol. The van der Waals surface area contributed by atoms with Gasteiger partial charge in [0, 0.05) is 37.1 Å². The minimum absolute atomic E-state index is 0.548. The molecule has 0 unspecified atom stereocenters. The van der Waals surface area contributed by atoms with Gasteiger partial charge in [0.25, 0.3) is 0 Å². The van der Waals surface area contributed by atoms with Crippen LogP contribution < -0.4 is 24.4 Å². The largest absolute Gasteiger partial charge is 0.493 e. The fourth-order valence-corrected chi connectivity index (χ4v) is 2.63. The number of hydrogen-bond acceptors (Lipinski definition) is 8. The van der Waals surface area contributed by atoms with Crippen molar-refractivity contribution in [3.8, 4) is 17.2 Å². The summed E-state index contributed by atoms with van der Waals surface area (Å²) in [5.74, 6) is 3.07. The minimum Gasteiger partial charge on any atom is -0.493 e. The van der Waals surface area contributed by atoms with E-state index in [1.807, 2.05) is 18.2 Å². The van der Waals surface area contributed by atoms with Crippen molar-refractivity contribution < 1.29 is 18.9 Å². The van der Waals surface area contributed by atoms with Crippen LogP contribution >= 0.6 is 0 Å². The molecule has 0 spiro atoms. The van der Waals surface area contributed by atoms with E-state index in [1.54, 1.807) is 27.5 Å². The zero-order valence-electron chi connectivity index (χ0n) is 14.6. The first kappa shape index (κ1) is 17.1. The summed E-state index contributed by atoms with van der Waals surface area (Å²) in [4.78, 5) is 11.0. The Hall–Kier alpha value is -2.74. The first-order valence-corrected chi connectivity index (χ1v) is 7.98. The van der Waals surface area contributed by atoms with Gasteiger partial charge in [-0.15, -0.1) is 0 Å². The van der Waals surface area contributed by atoms with Gasteiger partial charge in [0.05, 0.1) is 34.5 Å². The molecular formula is C17H22N4O4. The summed E-state index contributed by atoms with van der Waals surface area (Å²) in [5.41, 5.74) is 0.779. The molecule has 25 heavy (non-hydrogen) atoms. The smallest absolute Gasteiger partial charge is 0.227 e. The molecule has 0 radical (unpaired) electrons. The standard InChI is InChI=1S/C17H22N4O4/c1-22-13-10-12(11-14(23-2)16(13)24-3)19-15-4-5-18-17(20-15)21-6-8-25-9-7-21/h4-5,10-11H,6-9H2,1-3H3,(H,18,19,20). The SMILES string of the molecule is COc1cc(Nc2ccnc(N3CCOCC3)n2)cc(OC)c1OC. The van der Waals surface area contributed by atoms with Crippen LogP contribution in [0.2, 0.25) is 0 Å². The monoisotopic (exact) mass is 346 g/mol. The second-order valence-corrected chi connectivity index (χ2v) is 5.38. The van der Waals surface area contributed by atoms with Gasteiger partial charge in [-0.1, -0.05) is 0 Å². The third kappa shape index (κ3) is 3.85. The van der Waals surface area contributed by atoms with E-state index in [9.17, 15) is 0 Å². The van der Waals surface area contributed by atoms with E-state index in [0.29, 0.717) is 42.2 Å². The van der Waals surface area contributed by atoms with Crippen molar-refractivity contribution in [2.45, 2.75) is 0 Å². The predicted octanol–water partition coefficient (Wildman–Crippen LogP) is 2.08. The maximum Gasteiger partial charge on any atom is 0.227 e. The van der Waals surface area contributed by atoms with Crippen LogP contribution in [0.3, 0.4) is 0 Å². The van der Waals surface area contributed by atoms with Gasteiger partial charge in [-0.25, -0.2) is 4.98 Å². The van der Waals surface area contributed by atoms with Crippen LogP contribution in [0, 0.1) is 0 Å². The average Bonchev–Trinajstić information content (AvgIpc) is 2.68. The highest BCUT2D eigenvalue weighted by atomic mass is 16.5. The van der Waals surface area contributed by atoms with Gasteiger partial charge >= 0.3 is 0 Å². The van der Waals surface area contributed by atoms with Gasteiger partial charge in [0.2, 0.25) is 11.7 Å². The van der Waals surface area contributed by atoms with Crippen molar-refractivity contribution in [2.75, 3.05) is 57.8 Å². The van der Waals surface area contributed by atoms with E-state index in [-0.39, 0.29) is 0 Å². The summed E-state index contributed by atoms with van der Waals surface area (Å²) in [6, 6.07) is 5.48. The van der Waals surface area contributed by atoms with Crippen LogP contribution in [0.15, 0.2) is 24.4 Å². The lowest BCUT2D eigenvalue weighted by atomic mass is 10.2. The van der Waals surface area contributed by atoms with Crippen molar-refractivity contribution >= 4 is 17.5 Å². The van der Waals surface area contributed by atoms with E-state index in [4.69, 9.17) is 18.9 Å². The van der Waals surface area contributed by atoms with Gasteiger partial charge in [-0.05, 0) is 6.07 Å². The molecule has 1 fully saturated rings. The molecule has 0 saturated carbocycles. The maximum atomic E-state index is 5.38. The predicted molar refractivity (Wildman–Crippen MR) is 94.4 cm³/mol. The minimum atomic E-state index is 0.548. The zero-order valence-corrected chi connectivity index (χ0v) is 14.6. The lowest BCUT2D eigenvalue weighted by Crippen LogP contribution is -2.37. The Morgan fingerprint density at radius 2 is 1.72 bits per heavy atom. The molecule has 0 amide bonds. The van der Waals surface area contributed by atoms with Crippen molar-refractivity contribution in [2.24, 2.45) is 0 Å². The number of morpholine rings is 1. The Morgan fingerprint density at radius 1 is 1.04 bits per heavy atom. The first-order valence-electron chi connectivity index (χ1n) is 7.98. The maximum absolute atomic E-state index is 5.38. The van der Waals surface area contributed by atoms with Crippen LogP contribution in [0.5, 0.6) is 17.2 Å². The number of anilines is 3. The Morgan fingerprint density at radius 3 is 2.32 bits per heavy atom. The van der Waals surface area contributed by atoms with Gasteiger partial charge in [-0.3, -0.25) is 0 Å². The third-order valence-corrected chi connectivity index (χ3v) is 3.87. The Balaban J connectivity index is 1.84. The highest BCUT2D eigenvalue weighted by molar-refractivity contribution is 5.66. The Labute approximate surface area is 146 Å². The van der Waals surface area contributed by atoms with E-state index in [1.165, 1.54) is 0 Å². The van der Waals surface area contributed by atoms with E-state index in [2.05, 4.69) is 20.2 Å². The van der Waals surface area contributed by atoms with E-state index < -0.39 is 0 Å². The Bertz CT molecular complexity index is 695. The van der Waals surface area contributed by atoms with Gasteiger partial charge in [0.1, 0.15) is 5.82 Å². The quantitative estimate of drug-likeness (QED) is 0.852. The highest BCUT2D eigenvalue weighted by Crippen LogP contribution is 2.40. The van der Waals surface area contributed by atoms with Crippen molar-refractivity contribution in [3.05, 3.63) is 24.4 Å². The lowest BCUT2D eigenvalue weighted by molar-refractivity contribution is 0.122. The van der Waals surface area contributed by atoms with Gasteiger partial charge < -0.3 is 29.2 Å². The highest BCUT2D eigenvalue weighted by Gasteiger charge is 2.16. The number of aromatic nitrogens is 2. The van der Waals surface area contributed by atoms with E-state index in [0.717, 1.165) is 18.8 Å². The van der Waals surface area contributed by atoms with Crippen LogP contribution in [0.4, 0.5) is 17.5 Å². The van der Waals surface area contributed by atoms with Crippen molar-refractivity contribution in [1.82, 2.24) is 9.97 Å². The van der Waals surface area contributed by atoms with Crippen LogP contribution in [0.25, 0.3) is 0 Å². The average molecular weight is 346 g/mol. The number of methoxy groups -OCH3 is 3. The second-order valence-electron chi connectivity index (χ2n) is 5.38. The molecule has 1 aromatic carbocycles. The fourth-order valence-electron chi connectivity index (χ4n) is 2.63. The third-order valence-electron chi connectivity index (χ3n) is 3.87. The van der Waals surface area contributed by atoms with Crippen molar-refractivity contribution in [1.29, 1.82) is 0 Å². The summed E-state index contributed by atoms with van der Waals surface area (Å²) in [5, 5.41) is 3.26. The van der Waals surface area contributed by atoms with Crippen LogP contribution in [-0.2, 0) is 4.74 Å². The van der Waals surface area contributed by atoms with Crippen LogP contribution in [0.1, 0.15) is 0 Å². The number of hydrogen-bond donors (Lipinski definition) is 1. The number of nitrogens with one attached hydrogen (secondary N) is 1. The first-order chi connectivity index (χ1) is 12.2. The number of rotatable bonds is 6. The normalized spacial score (nSPS) is 14.1. The van der Waals surface area contributed by atoms with Gasteiger partial charge in [0.15, 0.2) is 11.5 Å². The number of benzene rings is 1. The Kier molecular flexibility index (Phi) is 5.39. The zero-order chi connectivity index (χ0) is 17.6. The molecule has 1 N–H and O–H groups in total. The molecule has 0 atom stereocenters. The summed E-state index contributed by atoms with van der Waals surface area (Å²) >= 11 is 0. The molecule has 8 nitrogen and oxygen atoms in total. The molecule has 2 heterocycles. The summed E-state index contributed by atoms with van der Waals surface area (Å²) in [7, 11) is 4.75. The topological polar surface area (TPSA) is 78.0 Å². The van der Waals surface area contributed by atoms with E-state index >= 15 is 0 Å². The van der Waals surface area contributed by atoms with Crippen LogP contribution in [-0.4, -0.2) is 57.6 Å². The molecule has 8 heteroatoms. The fraction of sp³-hybridized carbons (Fsp3) is 0.412. The molecule has 0 bridgehead atoms. The van der Waals surface area contributed by atoms with Gasteiger partial charge in [-0.2, -0.15) is 4.98 Å². The molecule has 1 aliphatic heterocycles. The summed E-state index contributed by atoms with van der Waals surface area (Å²) in [6.45, 7) is 2.95. The number of ether oxygens (including phenoxy) is 4. The lowest BCUT2D eigenvalue weighted by Gasteiger charge is -2.26. The molecule has 3 rings (SSSR count). The summed E-state index contributed by atoms with van der Waals surface area (Å²) in [6.07, 6.45) is 1.73. The molecule has 0 aliphatic carbocycles. The molecule has 2 aromatic rings. The molecule has 1 aromatic heterocycles. The van der Waals surface area contributed by atoms with Crippen molar-refractivity contribution in [3.63, 3.8) is 0 Å². The number of nitrogens with zero attached hydrogens (tertiary/aromatic N) is 3. The second kappa shape index (κ2) is 7.89. The summed E-state index contributed by atoms with van der Waals surface area (Å²) < 4.78 is 21.5. The molecule has 1 aliphatic rings. The molecule has 134 valence electrons.